The third kappa shape index (κ3) is 4.55. The van der Waals surface area contributed by atoms with Crippen molar-refractivity contribution in [1.29, 1.82) is 0 Å². The van der Waals surface area contributed by atoms with Gasteiger partial charge in [0, 0.05) is 29.4 Å². The molecule has 0 unspecified atom stereocenters. The molecule has 2 aromatic rings. The zero-order valence-corrected chi connectivity index (χ0v) is 17.2. The molecule has 1 fully saturated rings. The van der Waals surface area contributed by atoms with Crippen LogP contribution in [0.5, 0.6) is 0 Å². The molecule has 146 valence electrons. The molecule has 1 aliphatic rings. The van der Waals surface area contributed by atoms with E-state index in [1.54, 1.807) is 12.1 Å². The van der Waals surface area contributed by atoms with E-state index in [0.717, 1.165) is 5.69 Å². The van der Waals surface area contributed by atoms with Crippen LogP contribution in [0, 0.1) is 0 Å². The predicted molar refractivity (Wildman–Crippen MR) is 105 cm³/mol. The van der Waals surface area contributed by atoms with Crippen molar-refractivity contribution in [1.82, 2.24) is 9.29 Å². The number of amides is 1. The quantitative estimate of drug-likeness (QED) is 0.839. The number of benzene rings is 1. The molecule has 1 N–H and O–H groups in total. The van der Waals surface area contributed by atoms with Crippen LogP contribution in [0.25, 0.3) is 0 Å². The summed E-state index contributed by atoms with van der Waals surface area (Å²) in [6, 6.07) is 6.07. The first-order valence-electron chi connectivity index (χ1n) is 8.63. The van der Waals surface area contributed by atoms with E-state index in [4.69, 9.17) is 4.74 Å². The minimum Gasteiger partial charge on any atom is -0.379 e. The van der Waals surface area contributed by atoms with Gasteiger partial charge in [-0.25, -0.2) is 13.4 Å². The molecule has 0 spiro atoms. The summed E-state index contributed by atoms with van der Waals surface area (Å²) in [5.41, 5.74) is 1.06. The van der Waals surface area contributed by atoms with Crippen LogP contribution < -0.4 is 5.32 Å². The third-order valence-electron chi connectivity index (χ3n) is 4.20. The number of morpholine rings is 1. The Kier molecular flexibility index (Phi) is 5.66. The zero-order chi connectivity index (χ0) is 19.7. The number of ether oxygens (including phenoxy) is 1. The lowest BCUT2D eigenvalue weighted by molar-refractivity contribution is 0.0730. The number of anilines is 1. The molecule has 0 bridgehead atoms. The normalized spacial score (nSPS) is 16.3. The summed E-state index contributed by atoms with van der Waals surface area (Å²) in [7, 11) is -3.65. The fourth-order valence-electron chi connectivity index (χ4n) is 2.58. The van der Waals surface area contributed by atoms with Gasteiger partial charge in [-0.3, -0.25) is 10.1 Å². The highest BCUT2D eigenvalue weighted by molar-refractivity contribution is 7.89. The molecular weight excluding hydrogens is 386 g/mol. The largest absolute Gasteiger partial charge is 0.379 e. The van der Waals surface area contributed by atoms with Crippen LogP contribution in [-0.4, -0.2) is 49.9 Å². The van der Waals surface area contributed by atoms with Crippen molar-refractivity contribution in [3.05, 3.63) is 40.9 Å². The second kappa shape index (κ2) is 7.67. The molecule has 0 aliphatic carbocycles. The van der Waals surface area contributed by atoms with E-state index in [1.807, 2.05) is 26.2 Å². The van der Waals surface area contributed by atoms with E-state index in [2.05, 4.69) is 10.3 Å². The molecule has 1 saturated heterocycles. The lowest BCUT2D eigenvalue weighted by Crippen LogP contribution is -2.40. The van der Waals surface area contributed by atoms with Crippen LogP contribution in [0.3, 0.4) is 0 Å². The van der Waals surface area contributed by atoms with Gasteiger partial charge in [-0.05, 0) is 18.2 Å². The van der Waals surface area contributed by atoms with Crippen LogP contribution in [0.1, 0.15) is 36.8 Å². The average molecular weight is 410 g/mol. The van der Waals surface area contributed by atoms with Gasteiger partial charge >= 0.3 is 0 Å². The van der Waals surface area contributed by atoms with Crippen LogP contribution in [0.2, 0.25) is 0 Å². The molecule has 27 heavy (non-hydrogen) atoms. The minimum atomic E-state index is -3.65. The van der Waals surface area contributed by atoms with E-state index in [0.29, 0.717) is 31.4 Å². The number of carbonyl (C=O) groups excluding carboxylic acids is 1. The molecule has 7 nitrogen and oxygen atoms in total. The Hall–Kier alpha value is -1.81. The number of nitrogens with one attached hydrogen (secondary N) is 1. The van der Waals surface area contributed by atoms with Crippen LogP contribution in [0.4, 0.5) is 5.13 Å². The number of aromatic nitrogens is 1. The highest BCUT2D eigenvalue weighted by Gasteiger charge is 2.27. The number of thiazole rings is 1. The van der Waals surface area contributed by atoms with Gasteiger partial charge in [0.05, 0.1) is 23.8 Å². The zero-order valence-electron chi connectivity index (χ0n) is 15.6. The summed E-state index contributed by atoms with van der Waals surface area (Å²) in [6.07, 6.45) is 0. The van der Waals surface area contributed by atoms with Gasteiger partial charge < -0.3 is 4.74 Å². The summed E-state index contributed by atoms with van der Waals surface area (Å²) in [5.74, 6) is -0.385. The summed E-state index contributed by atoms with van der Waals surface area (Å²) >= 11 is 1.35. The Bertz CT molecular complexity index is 926. The van der Waals surface area contributed by atoms with Gasteiger partial charge in [-0.1, -0.05) is 26.8 Å². The predicted octanol–water partition coefficient (Wildman–Crippen LogP) is 2.71. The molecule has 0 radical (unpaired) electrons. The molecule has 1 aromatic carbocycles. The van der Waals surface area contributed by atoms with Crippen LogP contribution in [0.15, 0.2) is 34.5 Å². The number of hydrogen-bond acceptors (Lipinski definition) is 6. The molecule has 1 aromatic heterocycles. The standard InChI is InChI=1S/C18H23N3O4S2/c1-18(2,3)15-12-26-17(19-15)20-16(22)13-5-4-6-14(11-13)27(23,24)21-7-9-25-10-8-21/h4-6,11-12H,7-10H2,1-3H3,(H,19,20,22). The van der Waals surface area contributed by atoms with Gasteiger partial charge in [-0.2, -0.15) is 4.31 Å². The second-order valence-corrected chi connectivity index (χ2v) is 10.1. The second-order valence-electron chi connectivity index (χ2n) is 7.29. The molecule has 0 atom stereocenters. The lowest BCUT2D eigenvalue weighted by Gasteiger charge is -2.26. The molecule has 0 saturated carbocycles. The van der Waals surface area contributed by atoms with Crippen LogP contribution in [-0.2, 0) is 20.2 Å². The topological polar surface area (TPSA) is 88.6 Å². The minimum absolute atomic E-state index is 0.103. The average Bonchev–Trinajstić information content (AvgIpc) is 3.11. The van der Waals surface area contributed by atoms with Crippen LogP contribution >= 0.6 is 11.3 Å². The smallest absolute Gasteiger partial charge is 0.257 e. The van der Waals surface area contributed by atoms with Crippen molar-refractivity contribution in [3.8, 4) is 0 Å². The Morgan fingerprint density at radius 2 is 1.96 bits per heavy atom. The van der Waals surface area contributed by atoms with Crippen molar-refractivity contribution in [2.24, 2.45) is 0 Å². The Morgan fingerprint density at radius 3 is 2.59 bits per heavy atom. The van der Waals surface area contributed by atoms with E-state index < -0.39 is 10.0 Å². The molecule has 1 aliphatic heterocycles. The molecule has 2 heterocycles. The van der Waals surface area contributed by atoms with Crippen molar-refractivity contribution >= 4 is 32.4 Å². The molecule has 3 rings (SSSR count). The van der Waals surface area contributed by atoms with Gasteiger partial charge in [-0.15, -0.1) is 11.3 Å². The van der Waals surface area contributed by atoms with Gasteiger partial charge in [0.15, 0.2) is 5.13 Å². The maximum Gasteiger partial charge on any atom is 0.257 e. The summed E-state index contributed by atoms with van der Waals surface area (Å²) in [6.45, 7) is 7.52. The van der Waals surface area contributed by atoms with E-state index >= 15 is 0 Å². The molecular formula is C18H23N3O4S2. The van der Waals surface area contributed by atoms with Gasteiger partial charge in [0.2, 0.25) is 10.0 Å². The number of carbonyl (C=O) groups is 1. The molecule has 1 amide bonds. The monoisotopic (exact) mass is 409 g/mol. The lowest BCUT2D eigenvalue weighted by atomic mass is 9.93. The van der Waals surface area contributed by atoms with Crippen molar-refractivity contribution in [2.45, 2.75) is 31.1 Å². The summed E-state index contributed by atoms with van der Waals surface area (Å²) in [4.78, 5) is 17.1. The van der Waals surface area contributed by atoms with Gasteiger partial charge in [0.1, 0.15) is 0 Å². The number of sulfonamides is 1. The Labute approximate surface area is 163 Å². The van der Waals surface area contributed by atoms with Crippen molar-refractivity contribution < 1.29 is 17.9 Å². The van der Waals surface area contributed by atoms with Crippen molar-refractivity contribution in [3.63, 3.8) is 0 Å². The Balaban J connectivity index is 1.78. The van der Waals surface area contributed by atoms with Crippen molar-refractivity contribution in [2.75, 3.05) is 31.6 Å². The number of nitrogens with zero attached hydrogens (tertiary/aromatic N) is 2. The third-order valence-corrected chi connectivity index (χ3v) is 6.85. The number of hydrogen-bond donors (Lipinski definition) is 1. The molecule has 9 heteroatoms. The highest BCUT2D eigenvalue weighted by Crippen LogP contribution is 2.27. The highest BCUT2D eigenvalue weighted by atomic mass is 32.2. The first-order chi connectivity index (χ1) is 12.7. The van der Waals surface area contributed by atoms with E-state index in [-0.39, 0.29) is 21.8 Å². The first-order valence-corrected chi connectivity index (χ1v) is 11.0. The maximum absolute atomic E-state index is 12.8. The number of rotatable bonds is 4. The first kappa shape index (κ1) is 19.9. The maximum atomic E-state index is 12.8. The fraction of sp³-hybridized carbons (Fsp3) is 0.444. The fourth-order valence-corrected chi connectivity index (χ4v) is 4.97. The van der Waals surface area contributed by atoms with E-state index in [1.165, 1.54) is 27.8 Å². The summed E-state index contributed by atoms with van der Waals surface area (Å²) in [5, 5.41) is 5.15. The summed E-state index contributed by atoms with van der Waals surface area (Å²) < 4.78 is 32.1. The van der Waals surface area contributed by atoms with Gasteiger partial charge in [0.25, 0.3) is 5.91 Å². The SMILES string of the molecule is CC(C)(C)c1csc(NC(=O)c2cccc(S(=O)(=O)N3CCOCC3)c2)n1. The van der Waals surface area contributed by atoms with E-state index in [9.17, 15) is 13.2 Å². The Morgan fingerprint density at radius 1 is 1.26 bits per heavy atom.